The van der Waals surface area contributed by atoms with E-state index in [0.29, 0.717) is 29.9 Å². The van der Waals surface area contributed by atoms with Gasteiger partial charge in [0.2, 0.25) is 0 Å². The standard InChI is InChI=1S/C28H25N3O3S/c1-17-8-6-9-18(16-17)24-29-25-23(21-12-4-5-13-22(21)35-25)28(34)30(24)14-7-15-31-26(32)19-10-2-3-11-20(19)27(31)33/h2-3,6,8-11,16H,4-5,7,12-15H2,1H3. The zero-order valence-electron chi connectivity index (χ0n) is 19.5. The second-order valence-corrected chi connectivity index (χ2v) is 10.4. The van der Waals surface area contributed by atoms with Crippen LogP contribution in [0, 0.1) is 6.92 Å². The summed E-state index contributed by atoms with van der Waals surface area (Å²) in [5.41, 5.74) is 4.04. The van der Waals surface area contributed by atoms with E-state index in [9.17, 15) is 14.4 Å². The molecule has 0 radical (unpaired) electrons. The van der Waals surface area contributed by atoms with Crippen molar-refractivity contribution in [1.29, 1.82) is 0 Å². The van der Waals surface area contributed by atoms with Crippen molar-refractivity contribution in [2.75, 3.05) is 6.54 Å². The molecule has 0 saturated carbocycles. The number of imide groups is 1. The van der Waals surface area contributed by atoms with Crippen molar-refractivity contribution >= 4 is 33.4 Å². The first-order valence-corrected chi connectivity index (χ1v) is 12.9. The van der Waals surface area contributed by atoms with E-state index in [1.54, 1.807) is 40.2 Å². The summed E-state index contributed by atoms with van der Waals surface area (Å²) in [6.45, 7) is 2.66. The Morgan fingerprint density at radius 1 is 0.914 bits per heavy atom. The molecule has 6 nitrogen and oxygen atoms in total. The average molecular weight is 484 g/mol. The normalized spacial score (nSPS) is 15.1. The first-order valence-electron chi connectivity index (χ1n) is 12.1. The van der Waals surface area contributed by atoms with Crippen LogP contribution in [0.25, 0.3) is 21.6 Å². The highest BCUT2D eigenvalue weighted by molar-refractivity contribution is 7.18. The maximum atomic E-state index is 13.9. The van der Waals surface area contributed by atoms with Crippen LogP contribution in [0.3, 0.4) is 0 Å². The lowest BCUT2D eigenvalue weighted by atomic mass is 9.97. The summed E-state index contributed by atoms with van der Waals surface area (Å²) in [5, 5.41) is 0.752. The van der Waals surface area contributed by atoms with Crippen LogP contribution in [-0.4, -0.2) is 32.8 Å². The summed E-state index contributed by atoms with van der Waals surface area (Å²) in [6, 6.07) is 14.9. The molecule has 2 aliphatic rings. The Morgan fingerprint density at radius 3 is 2.40 bits per heavy atom. The molecule has 3 heterocycles. The lowest BCUT2D eigenvalue weighted by molar-refractivity contribution is 0.0650. The van der Waals surface area contributed by atoms with E-state index in [1.807, 2.05) is 31.2 Å². The van der Waals surface area contributed by atoms with Gasteiger partial charge in [-0.25, -0.2) is 4.98 Å². The molecule has 0 spiro atoms. The molecule has 0 bridgehead atoms. The number of thiophene rings is 1. The zero-order chi connectivity index (χ0) is 24.1. The van der Waals surface area contributed by atoms with Gasteiger partial charge in [-0.15, -0.1) is 11.3 Å². The fraction of sp³-hybridized carbons (Fsp3) is 0.286. The number of carbonyl (C=O) groups is 2. The Morgan fingerprint density at radius 2 is 1.66 bits per heavy atom. The Balaban J connectivity index is 1.37. The Kier molecular flexibility index (Phi) is 5.37. The molecular formula is C28H25N3O3S. The minimum Gasteiger partial charge on any atom is -0.292 e. The summed E-state index contributed by atoms with van der Waals surface area (Å²) in [5.74, 6) is 0.113. The second kappa shape index (κ2) is 8.57. The Labute approximate surface area is 206 Å². The van der Waals surface area contributed by atoms with E-state index >= 15 is 0 Å². The van der Waals surface area contributed by atoms with Crippen molar-refractivity contribution < 1.29 is 9.59 Å². The maximum absolute atomic E-state index is 13.9. The predicted molar refractivity (Wildman–Crippen MR) is 137 cm³/mol. The van der Waals surface area contributed by atoms with E-state index in [1.165, 1.54) is 15.3 Å². The molecule has 176 valence electrons. The first-order chi connectivity index (χ1) is 17.0. The third-order valence-electron chi connectivity index (χ3n) is 6.99. The van der Waals surface area contributed by atoms with Crippen LogP contribution in [0.15, 0.2) is 53.3 Å². The molecule has 6 rings (SSSR count). The molecule has 7 heteroatoms. The number of aromatic nitrogens is 2. The molecular weight excluding hydrogens is 458 g/mol. The fourth-order valence-corrected chi connectivity index (χ4v) is 6.53. The minimum atomic E-state index is -0.266. The molecule has 0 saturated heterocycles. The van der Waals surface area contributed by atoms with Gasteiger partial charge < -0.3 is 0 Å². The average Bonchev–Trinajstić information content (AvgIpc) is 3.36. The summed E-state index contributed by atoms with van der Waals surface area (Å²) in [7, 11) is 0. The van der Waals surface area contributed by atoms with Gasteiger partial charge in [-0.1, -0.05) is 35.9 Å². The number of aryl methyl sites for hydroxylation is 3. The molecule has 4 aromatic rings. The van der Waals surface area contributed by atoms with Crippen LogP contribution in [0.5, 0.6) is 0 Å². The van der Waals surface area contributed by atoms with Gasteiger partial charge in [0.05, 0.1) is 16.5 Å². The SMILES string of the molecule is Cc1cccc(-c2nc3sc4c(c3c(=O)n2CCCN2C(=O)c3ccccc3C2=O)CCCC4)c1. The van der Waals surface area contributed by atoms with Crippen molar-refractivity contribution in [3.05, 3.63) is 86.0 Å². The Bertz CT molecular complexity index is 1530. The molecule has 0 N–H and O–H groups in total. The van der Waals surface area contributed by atoms with Crippen LogP contribution in [0.2, 0.25) is 0 Å². The summed E-state index contributed by atoms with van der Waals surface area (Å²) in [6.07, 6.45) is 4.65. The topological polar surface area (TPSA) is 72.3 Å². The number of hydrogen-bond donors (Lipinski definition) is 0. The highest BCUT2D eigenvalue weighted by Crippen LogP contribution is 2.35. The lowest BCUT2D eigenvalue weighted by Gasteiger charge is -2.17. The summed E-state index contributed by atoms with van der Waals surface area (Å²) in [4.78, 5) is 47.8. The molecule has 0 unspecified atom stereocenters. The third kappa shape index (κ3) is 3.62. The quantitative estimate of drug-likeness (QED) is 0.375. The number of benzene rings is 2. The van der Waals surface area contributed by atoms with Crippen molar-refractivity contribution in [3.63, 3.8) is 0 Å². The third-order valence-corrected chi connectivity index (χ3v) is 8.18. The molecule has 35 heavy (non-hydrogen) atoms. The van der Waals surface area contributed by atoms with E-state index < -0.39 is 0 Å². The van der Waals surface area contributed by atoms with Gasteiger partial charge in [-0.05, 0) is 62.8 Å². The maximum Gasteiger partial charge on any atom is 0.262 e. The van der Waals surface area contributed by atoms with Gasteiger partial charge in [0.1, 0.15) is 10.7 Å². The van der Waals surface area contributed by atoms with Gasteiger partial charge >= 0.3 is 0 Å². The van der Waals surface area contributed by atoms with Crippen LogP contribution < -0.4 is 5.56 Å². The molecule has 1 aliphatic carbocycles. The molecule has 0 fully saturated rings. The fourth-order valence-electron chi connectivity index (χ4n) is 5.28. The largest absolute Gasteiger partial charge is 0.292 e. The Hall–Kier alpha value is -3.58. The minimum absolute atomic E-state index is 0.0201. The van der Waals surface area contributed by atoms with Crippen LogP contribution in [0.1, 0.15) is 56.0 Å². The summed E-state index contributed by atoms with van der Waals surface area (Å²) >= 11 is 1.65. The number of fused-ring (bicyclic) bond motifs is 4. The number of rotatable bonds is 5. The van der Waals surface area contributed by atoms with Crippen molar-refractivity contribution in [2.24, 2.45) is 0 Å². The second-order valence-electron chi connectivity index (χ2n) is 9.31. The monoisotopic (exact) mass is 483 g/mol. The van der Waals surface area contributed by atoms with Crippen LogP contribution >= 0.6 is 11.3 Å². The van der Waals surface area contributed by atoms with Crippen molar-refractivity contribution in [2.45, 2.75) is 45.6 Å². The number of carbonyl (C=O) groups excluding carboxylic acids is 2. The van der Waals surface area contributed by atoms with Gasteiger partial charge in [0.15, 0.2) is 0 Å². The smallest absolute Gasteiger partial charge is 0.262 e. The highest BCUT2D eigenvalue weighted by Gasteiger charge is 2.34. The highest BCUT2D eigenvalue weighted by atomic mass is 32.1. The predicted octanol–water partition coefficient (Wildman–Crippen LogP) is 5.00. The number of hydrogen-bond acceptors (Lipinski definition) is 5. The van der Waals surface area contributed by atoms with E-state index in [4.69, 9.17) is 4.98 Å². The van der Waals surface area contributed by atoms with Crippen LogP contribution in [0.4, 0.5) is 0 Å². The van der Waals surface area contributed by atoms with Gasteiger partial charge in [0, 0.05) is 23.5 Å². The van der Waals surface area contributed by atoms with E-state index in [0.717, 1.165) is 47.0 Å². The molecule has 2 amide bonds. The lowest BCUT2D eigenvalue weighted by Crippen LogP contribution is -2.32. The number of amides is 2. The van der Waals surface area contributed by atoms with Gasteiger partial charge in [0.25, 0.3) is 17.4 Å². The molecule has 0 atom stereocenters. The van der Waals surface area contributed by atoms with Crippen molar-refractivity contribution in [1.82, 2.24) is 14.5 Å². The summed E-state index contributed by atoms with van der Waals surface area (Å²) < 4.78 is 1.75. The van der Waals surface area contributed by atoms with E-state index in [-0.39, 0.29) is 23.9 Å². The number of nitrogens with zero attached hydrogens (tertiary/aromatic N) is 3. The van der Waals surface area contributed by atoms with Crippen molar-refractivity contribution in [3.8, 4) is 11.4 Å². The first kappa shape index (κ1) is 21.9. The van der Waals surface area contributed by atoms with Gasteiger partial charge in [-0.3, -0.25) is 23.9 Å². The van der Waals surface area contributed by atoms with E-state index in [2.05, 4.69) is 0 Å². The zero-order valence-corrected chi connectivity index (χ0v) is 20.4. The van der Waals surface area contributed by atoms with Gasteiger partial charge in [-0.2, -0.15) is 0 Å². The molecule has 2 aromatic carbocycles. The molecule has 1 aliphatic heterocycles. The van der Waals surface area contributed by atoms with Crippen LogP contribution in [-0.2, 0) is 19.4 Å². The molecule has 2 aromatic heterocycles.